The normalized spacial score (nSPS) is 19.3. The van der Waals surface area contributed by atoms with Crippen molar-refractivity contribution >= 4 is 40.7 Å². The predicted molar refractivity (Wildman–Crippen MR) is 161 cm³/mol. The van der Waals surface area contributed by atoms with E-state index in [2.05, 4.69) is 5.32 Å². The van der Waals surface area contributed by atoms with Crippen molar-refractivity contribution < 1.29 is 43.5 Å². The van der Waals surface area contributed by atoms with Gasteiger partial charge in [-0.3, -0.25) is 14.4 Å². The minimum absolute atomic E-state index is 0.0346. The van der Waals surface area contributed by atoms with Crippen LogP contribution in [0, 0.1) is 3.57 Å². The minimum Gasteiger partial charge on any atom is -0.493 e. The topological polar surface area (TPSA) is 144 Å². The molecule has 2 aromatic carbocycles. The Bertz CT molecular complexity index is 1380. The van der Waals surface area contributed by atoms with Gasteiger partial charge in [-0.25, -0.2) is 0 Å². The Morgan fingerprint density at radius 2 is 2.00 bits per heavy atom. The standard InChI is InChI=1S/C30H33IN2O9/c1-3-4-5-27(36)33(15-18-6-7-23-24(11-18)41-17-40-23)22-13-20(30(38)32-8-9-34)14-25(28(22)37)42-29-21(31)10-19(16-35)12-26(29)39-2/h4-7,10-12,14,16,22,25,28,34,37H,3,8-9,13,15,17H2,1-2H3,(H,32,38). The van der Waals surface area contributed by atoms with E-state index >= 15 is 0 Å². The molecular formula is C30H33IN2O9. The molecule has 0 aromatic heterocycles. The maximum absolute atomic E-state index is 13.5. The summed E-state index contributed by atoms with van der Waals surface area (Å²) < 4.78 is 23.2. The van der Waals surface area contributed by atoms with Crippen molar-refractivity contribution in [2.24, 2.45) is 0 Å². The summed E-state index contributed by atoms with van der Waals surface area (Å²) in [5.41, 5.74) is 1.40. The van der Waals surface area contributed by atoms with Crippen LogP contribution in [0.15, 0.2) is 54.1 Å². The summed E-state index contributed by atoms with van der Waals surface area (Å²) in [6, 6.07) is 7.61. The number of benzene rings is 2. The number of fused-ring (bicyclic) bond motifs is 1. The number of rotatable bonds is 12. The third-order valence-corrected chi connectivity index (χ3v) is 7.63. The smallest absolute Gasteiger partial charge is 0.247 e. The Balaban J connectivity index is 1.73. The number of aldehydes is 1. The van der Waals surface area contributed by atoms with Crippen molar-refractivity contribution in [3.63, 3.8) is 0 Å². The number of amides is 2. The molecule has 3 atom stereocenters. The molecule has 1 aliphatic carbocycles. The molecule has 12 heteroatoms. The van der Waals surface area contributed by atoms with Crippen molar-refractivity contribution in [3.05, 3.63) is 68.8 Å². The SMILES string of the molecule is CCC=CC(=O)N(Cc1ccc2c(c1)OCO2)C1CC(C(=O)NCCO)=CC(Oc2c(I)cc(C=O)cc2OC)C1O. The fourth-order valence-corrected chi connectivity index (χ4v) is 5.50. The van der Waals surface area contributed by atoms with Crippen LogP contribution in [0.5, 0.6) is 23.0 Å². The molecule has 4 rings (SSSR count). The van der Waals surface area contributed by atoms with E-state index in [1.807, 2.05) is 35.6 Å². The van der Waals surface area contributed by atoms with Crippen molar-refractivity contribution in [1.82, 2.24) is 10.2 Å². The number of ether oxygens (including phenoxy) is 4. The summed E-state index contributed by atoms with van der Waals surface area (Å²) in [5.74, 6) is 0.905. The zero-order valence-electron chi connectivity index (χ0n) is 23.2. The number of hydrogen-bond donors (Lipinski definition) is 3. The maximum atomic E-state index is 13.5. The number of carbonyl (C=O) groups excluding carboxylic acids is 3. The van der Waals surface area contributed by atoms with Crippen LogP contribution in [0.4, 0.5) is 0 Å². The predicted octanol–water partition coefficient (Wildman–Crippen LogP) is 2.75. The van der Waals surface area contributed by atoms with E-state index in [0.717, 1.165) is 5.56 Å². The molecule has 0 saturated carbocycles. The highest BCUT2D eigenvalue weighted by atomic mass is 127. The Morgan fingerprint density at radius 3 is 2.71 bits per heavy atom. The Hall–Kier alpha value is -3.62. The van der Waals surface area contributed by atoms with Gasteiger partial charge in [0.1, 0.15) is 18.5 Å². The van der Waals surface area contributed by atoms with Crippen LogP contribution >= 0.6 is 22.6 Å². The number of carbonyl (C=O) groups is 3. The summed E-state index contributed by atoms with van der Waals surface area (Å²) in [7, 11) is 1.43. The van der Waals surface area contributed by atoms with Gasteiger partial charge in [0.2, 0.25) is 18.6 Å². The monoisotopic (exact) mass is 692 g/mol. The molecule has 0 saturated heterocycles. The third kappa shape index (κ3) is 7.23. The summed E-state index contributed by atoms with van der Waals surface area (Å²) in [5, 5.41) is 23.6. The lowest BCUT2D eigenvalue weighted by atomic mass is 9.87. The molecule has 2 aromatic rings. The number of nitrogens with one attached hydrogen (secondary N) is 1. The summed E-state index contributed by atoms with van der Waals surface area (Å²) >= 11 is 2.00. The zero-order valence-corrected chi connectivity index (χ0v) is 25.4. The van der Waals surface area contributed by atoms with Crippen LogP contribution in [0.25, 0.3) is 0 Å². The molecule has 1 aliphatic heterocycles. The molecule has 0 spiro atoms. The van der Waals surface area contributed by atoms with Crippen LogP contribution < -0.4 is 24.3 Å². The molecule has 11 nitrogen and oxygen atoms in total. The van der Waals surface area contributed by atoms with Gasteiger partial charge in [0, 0.05) is 30.6 Å². The lowest BCUT2D eigenvalue weighted by Gasteiger charge is -2.40. The molecule has 2 aliphatic rings. The third-order valence-electron chi connectivity index (χ3n) is 6.83. The van der Waals surface area contributed by atoms with Gasteiger partial charge in [-0.05, 0) is 71.0 Å². The first kappa shape index (κ1) is 31.3. The van der Waals surface area contributed by atoms with Crippen molar-refractivity contribution in [1.29, 1.82) is 0 Å². The number of allylic oxidation sites excluding steroid dienone is 1. The number of hydrogen-bond acceptors (Lipinski definition) is 9. The van der Waals surface area contributed by atoms with E-state index in [-0.39, 0.29) is 55.9 Å². The van der Waals surface area contributed by atoms with Gasteiger partial charge >= 0.3 is 0 Å². The highest BCUT2D eigenvalue weighted by Gasteiger charge is 2.40. The van der Waals surface area contributed by atoms with Crippen LogP contribution in [0.2, 0.25) is 0 Å². The fourth-order valence-electron chi connectivity index (χ4n) is 4.75. The van der Waals surface area contributed by atoms with Gasteiger partial charge in [-0.15, -0.1) is 0 Å². The quantitative estimate of drug-likeness (QED) is 0.174. The highest BCUT2D eigenvalue weighted by molar-refractivity contribution is 14.1. The molecule has 3 unspecified atom stereocenters. The van der Waals surface area contributed by atoms with Gasteiger partial charge in [0.25, 0.3) is 0 Å². The second-order valence-electron chi connectivity index (χ2n) is 9.63. The average molecular weight is 693 g/mol. The molecule has 1 heterocycles. The van der Waals surface area contributed by atoms with Crippen LogP contribution in [0.3, 0.4) is 0 Å². The average Bonchev–Trinajstić information content (AvgIpc) is 3.47. The van der Waals surface area contributed by atoms with E-state index in [1.165, 1.54) is 30.2 Å². The molecule has 3 N–H and O–H groups in total. The van der Waals surface area contributed by atoms with Crippen molar-refractivity contribution in [2.75, 3.05) is 27.1 Å². The number of halogens is 1. The van der Waals surface area contributed by atoms with E-state index in [0.29, 0.717) is 33.3 Å². The maximum Gasteiger partial charge on any atom is 0.247 e. The van der Waals surface area contributed by atoms with E-state index in [9.17, 15) is 24.6 Å². The Labute approximate surface area is 257 Å². The first-order valence-corrected chi connectivity index (χ1v) is 14.5. The van der Waals surface area contributed by atoms with Crippen LogP contribution in [0.1, 0.15) is 35.7 Å². The molecular weight excluding hydrogens is 659 g/mol. The zero-order chi connectivity index (χ0) is 30.2. The van der Waals surface area contributed by atoms with Crippen molar-refractivity contribution in [2.45, 2.75) is 44.6 Å². The van der Waals surface area contributed by atoms with E-state index < -0.39 is 24.2 Å². The second-order valence-corrected chi connectivity index (χ2v) is 10.8. The van der Waals surface area contributed by atoms with Gasteiger partial charge in [-0.2, -0.15) is 0 Å². The molecule has 2 amide bonds. The second kappa shape index (κ2) is 14.5. The van der Waals surface area contributed by atoms with Gasteiger partial charge in [0.15, 0.2) is 23.0 Å². The lowest BCUT2D eigenvalue weighted by Crippen LogP contribution is -2.54. The highest BCUT2D eigenvalue weighted by Crippen LogP contribution is 2.38. The number of methoxy groups -OCH3 is 1. The molecule has 42 heavy (non-hydrogen) atoms. The largest absolute Gasteiger partial charge is 0.493 e. The number of aliphatic hydroxyl groups excluding tert-OH is 2. The minimum atomic E-state index is -1.25. The Morgan fingerprint density at radius 1 is 1.21 bits per heavy atom. The number of aliphatic hydroxyl groups is 2. The number of nitrogens with zero attached hydrogens (tertiary/aromatic N) is 1. The van der Waals surface area contributed by atoms with E-state index in [4.69, 9.17) is 18.9 Å². The molecule has 0 fully saturated rings. The summed E-state index contributed by atoms with van der Waals surface area (Å²) in [4.78, 5) is 39.5. The van der Waals surface area contributed by atoms with Gasteiger partial charge in [0.05, 0.1) is 23.3 Å². The summed E-state index contributed by atoms with van der Waals surface area (Å²) in [6.45, 7) is 1.90. The first-order valence-electron chi connectivity index (χ1n) is 13.4. The first-order chi connectivity index (χ1) is 20.3. The van der Waals surface area contributed by atoms with Crippen LogP contribution in [-0.2, 0) is 16.1 Å². The van der Waals surface area contributed by atoms with Gasteiger partial charge < -0.3 is 39.4 Å². The molecule has 0 bridgehead atoms. The van der Waals surface area contributed by atoms with Gasteiger partial charge in [-0.1, -0.05) is 19.1 Å². The van der Waals surface area contributed by atoms with E-state index in [1.54, 1.807) is 24.3 Å². The van der Waals surface area contributed by atoms with Crippen LogP contribution in [-0.4, -0.2) is 78.5 Å². The molecule has 0 radical (unpaired) electrons. The Kier molecular flexibility index (Phi) is 10.8. The summed E-state index contributed by atoms with van der Waals surface area (Å²) in [6.07, 6.45) is 3.73. The lowest BCUT2D eigenvalue weighted by molar-refractivity contribution is -0.134. The van der Waals surface area contributed by atoms with Crippen molar-refractivity contribution in [3.8, 4) is 23.0 Å². The molecule has 224 valence electrons. The fraction of sp³-hybridized carbons (Fsp3) is 0.367.